The van der Waals surface area contributed by atoms with Gasteiger partial charge in [-0.15, -0.1) is 0 Å². The van der Waals surface area contributed by atoms with E-state index in [1.165, 1.54) is 24.1 Å². The molecule has 0 spiro atoms. The standard InChI is InChI=1S/C21H35N5O/c1-13(2)26-12-14-8-9-15(11-17(14)25-26)23-20(22-5)24-18-16-7-6-10-27-19(16)21(18,3)4/h12-13,15-16,18-19H,6-11H2,1-5H3,(H2,22,23,24). The van der Waals surface area contributed by atoms with Gasteiger partial charge >= 0.3 is 0 Å². The number of rotatable bonds is 3. The Hall–Kier alpha value is -1.56. The fourth-order valence-corrected chi connectivity index (χ4v) is 5.23. The summed E-state index contributed by atoms with van der Waals surface area (Å²) in [4.78, 5) is 4.52. The lowest BCUT2D eigenvalue weighted by molar-refractivity contribution is -0.188. The van der Waals surface area contributed by atoms with Crippen molar-refractivity contribution in [2.45, 2.75) is 84.0 Å². The molecule has 2 aliphatic carbocycles. The Balaban J connectivity index is 1.38. The van der Waals surface area contributed by atoms with Gasteiger partial charge in [0.05, 0.1) is 11.8 Å². The average molecular weight is 374 g/mol. The molecule has 0 bridgehead atoms. The summed E-state index contributed by atoms with van der Waals surface area (Å²) in [5.41, 5.74) is 2.80. The molecule has 1 aromatic rings. The van der Waals surface area contributed by atoms with E-state index in [0.29, 0.717) is 30.1 Å². The van der Waals surface area contributed by atoms with E-state index in [4.69, 9.17) is 9.84 Å². The molecular formula is C21H35N5O. The number of hydrogen-bond acceptors (Lipinski definition) is 3. The van der Waals surface area contributed by atoms with Crippen LogP contribution in [0, 0.1) is 11.3 Å². The van der Waals surface area contributed by atoms with Gasteiger partial charge in [0.25, 0.3) is 0 Å². The van der Waals surface area contributed by atoms with E-state index in [2.05, 4.69) is 54.2 Å². The number of ether oxygens (including phenoxy) is 1. The normalized spacial score (nSPS) is 32.4. The average Bonchev–Trinajstić information content (AvgIpc) is 3.08. The Kier molecular flexibility index (Phi) is 4.95. The molecule has 6 heteroatoms. The topological polar surface area (TPSA) is 63.5 Å². The number of guanidine groups is 1. The van der Waals surface area contributed by atoms with Crippen LogP contribution in [0.4, 0.5) is 0 Å². The van der Waals surface area contributed by atoms with Gasteiger partial charge in [-0.1, -0.05) is 13.8 Å². The zero-order chi connectivity index (χ0) is 19.2. The van der Waals surface area contributed by atoms with Gasteiger partial charge < -0.3 is 15.4 Å². The highest BCUT2D eigenvalue weighted by atomic mass is 16.5. The van der Waals surface area contributed by atoms with Gasteiger partial charge in [0.15, 0.2) is 5.96 Å². The highest BCUT2D eigenvalue weighted by Gasteiger charge is 2.58. The summed E-state index contributed by atoms with van der Waals surface area (Å²) < 4.78 is 8.13. The van der Waals surface area contributed by atoms with Gasteiger partial charge in [-0.3, -0.25) is 9.67 Å². The third-order valence-corrected chi connectivity index (χ3v) is 6.81. The van der Waals surface area contributed by atoms with E-state index < -0.39 is 0 Å². The molecule has 1 aliphatic heterocycles. The first kappa shape index (κ1) is 18.8. The van der Waals surface area contributed by atoms with Crippen LogP contribution in [0.25, 0.3) is 0 Å². The van der Waals surface area contributed by atoms with E-state index in [1.807, 2.05) is 7.05 Å². The van der Waals surface area contributed by atoms with Crippen molar-refractivity contribution in [2.75, 3.05) is 13.7 Å². The van der Waals surface area contributed by atoms with Gasteiger partial charge in [-0.2, -0.15) is 5.10 Å². The number of nitrogens with one attached hydrogen (secondary N) is 2. The summed E-state index contributed by atoms with van der Waals surface area (Å²) in [6, 6.07) is 1.23. The van der Waals surface area contributed by atoms with Crippen molar-refractivity contribution in [2.24, 2.45) is 16.3 Å². The van der Waals surface area contributed by atoms with Gasteiger partial charge in [0, 0.05) is 55.7 Å². The van der Waals surface area contributed by atoms with Crippen LogP contribution in [0.1, 0.15) is 64.3 Å². The summed E-state index contributed by atoms with van der Waals surface area (Å²) in [5, 5.41) is 12.2. The number of hydrogen-bond donors (Lipinski definition) is 2. The monoisotopic (exact) mass is 373 g/mol. The highest BCUT2D eigenvalue weighted by Crippen LogP contribution is 2.51. The van der Waals surface area contributed by atoms with Crippen LogP contribution in [-0.2, 0) is 17.6 Å². The predicted octanol–water partition coefficient (Wildman–Crippen LogP) is 2.69. The second-order valence-corrected chi connectivity index (χ2v) is 9.37. The van der Waals surface area contributed by atoms with Gasteiger partial charge in [0.2, 0.25) is 0 Å². The van der Waals surface area contributed by atoms with Crippen molar-refractivity contribution < 1.29 is 4.74 Å². The molecular weight excluding hydrogens is 338 g/mol. The van der Waals surface area contributed by atoms with E-state index >= 15 is 0 Å². The van der Waals surface area contributed by atoms with Crippen LogP contribution in [0.5, 0.6) is 0 Å². The van der Waals surface area contributed by atoms with Gasteiger partial charge in [-0.05, 0) is 45.1 Å². The largest absolute Gasteiger partial charge is 0.377 e. The van der Waals surface area contributed by atoms with E-state index in [1.54, 1.807) is 0 Å². The fourth-order valence-electron chi connectivity index (χ4n) is 5.23. The molecule has 6 nitrogen and oxygen atoms in total. The van der Waals surface area contributed by atoms with Crippen LogP contribution in [0.3, 0.4) is 0 Å². The van der Waals surface area contributed by atoms with Crippen molar-refractivity contribution in [3.8, 4) is 0 Å². The summed E-state index contributed by atoms with van der Waals surface area (Å²) in [6.45, 7) is 9.91. The number of aromatic nitrogens is 2. The van der Waals surface area contributed by atoms with Gasteiger partial charge in [0.1, 0.15) is 0 Å². The maximum absolute atomic E-state index is 6.04. The van der Waals surface area contributed by atoms with E-state index in [-0.39, 0.29) is 5.41 Å². The maximum atomic E-state index is 6.04. The molecule has 2 heterocycles. The molecule has 1 aromatic heterocycles. The summed E-state index contributed by atoms with van der Waals surface area (Å²) in [6.07, 6.45) is 8.22. The van der Waals surface area contributed by atoms with Crippen molar-refractivity contribution >= 4 is 5.96 Å². The Morgan fingerprint density at radius 2 is 2.15 bits per heavy atom. The van der Waals surface area contributed by atoms with Crippen LogP contribution >= 0.6 is 0 Å². The third-order valence-electron chi connectivity index (χ3n) is 6.81. The maximum Gasteiger partial charge on any atom is 0.191 e. The molecule has 0 aromatic carbocycles. The summed E-state index contributed by atoms with van der Waals surface area (Å²) in [5.74, 6) is 1.53. The Labute approximate surface area is 163 Å². The van der Waals surface area contributed by atoms with Crippen molar-refractivity contribution in [1.82, 2.24) is 20.4 Å². The number of aliphatic imine (C=N–C) groups is 1. The van der Waals surface area contributed by atoms with Crippen LogP contribution in [-0.4, -0.2) is 47.6 Å². The number of aryl methyl sites for hydroxylation is 1. The first-order valence-corrected chi connectivity index (χ1v) is 10.6. The zero-order valence-electron chi connectivity index (χ0n) is 17.5. The predicted molar refractivity (Wildman–Crippen MR) is 108 cm³/mol. The lowest BCUT2D eigenvalue weighted by Crippen LogP contribution is -2.71. The van der Waals surface area contributed by atoms with E-state index in [0.717, 1.165) is 31.8 Å². The van der Waals surface area contributed by atoms with Crippen molar-refractivity contribution in [3.05, 3.63) is 17.5 Å². The molecule has 4 atom stereocenters. The van der Waals surface area contributed by atoms with E-state index in [9.17, 15) is 0 Å². The molecule has 1 saturated carbocycles. The first-order chi connectivity index (χ1) is 12.9. The molecule has 0 radical (unpaired) electrons. The molecule has 3 aliphatic rings. The minimum Gasteiger partial charge on any atom is -0.377 e. The molecule has 0 amide bonds. The quantitative estimate of drug-likeness (QED) is 0.632. The van der Waals surface area contributed by atoms with Crippen LogP contribution < -0.4 is 10.6 Å². The van der Waals surface area contributed by atoms with Crippen molar-refractivity contribution in [3.63, 3.8) is 0 Å². The minimum absolute atomic E-state index is 0.151. The Morgan fingerprint density at radius 1 is 1.33 bits per heavy atom. The SMILES string of the molecule is CN=C(NC1CCc2cn(C(C)C)nc2C1)NC1C2CCCOC2C1(C)C. The highest BCUT2D eigenvalue weighted by molar-refractivity contribution is 5.80. The summed E-state index contributed by atoms with van der Waals surface area (Å²) in [7, 11) is 1.87. The molecule has 2 fully saturated rings. The lowest BCUT2D eigenvalue weighted by atomic mass is 9.55. The number of fused-ring (bicyclic) bond motifs is 2. The Morgan fingerprint density at radius 3 is 2.89 bits per heavy atom. The van der Waals surface area contributed by atoms with Gasteiger partial charge in [-0.25, -0.2) is 0 Å². The zero-order valence-corrected chi connectivity index (χ0v) is 17.5. The van der Waals surface area contributed by atoms with Crippen molar-refractivity contribution in [1.29, 1.82) is 0 Å². The Bertz CT molecular complexity index is 707. The number of nitrogens with zero attached hydrogens (tertiary/aromatic N) is 3. The third kappa shape index (κ3) is 3.37. The smallest absolute Gasteiger partial charge is 0.191 e. The molecule has 4 unspecified atom stereocenters. The second-order valence-electron chi connectivity index (χ2n) is 9.37. The van der Waals surface area contributed by atoms with Crippen LogP contribution in [0.15, 0.2) is 11.2 Å². The molecule has 150 valence electrons. The lowest BCUT2D eigenvalue weighted by Gasteiger charge is -2.60. The minimum atomic E-state index is 0.151. The fraction of sp³-hybridized carbons (Fsp3) is 0.810. The second kappa shape index (κ2) is 7.12. The van der Waals surface area contributed by atoms with Crippen LogP contribution in [0.2, 0.25) is 0 Å². The summed E-state index contributed by atoms with van der Waals surface area (Å²) >= 11 is 0. The molecule has 1 saturated heterocycles. The molecule has 2 N–H and O–H groups in total. The molecule has 4 rings (SSSR count). The first-order valence-electron chi connectivity index (χ1n) is 10.6. The molecule has 27 heavy (non-hydrogen) atoms.